The number of ether oxygens (including phenoxy) is 1. The Morgan fingerprint density at radius 2 is 1.68 bits per heavy atom. The Kier molecular flexibility index (Phi) is 6.86. The molecule has 0 spiro atoms. The van der Waals surface area contributed by atoms with Gasteiger partial charge in [-0.25, -0.2) is 9.69 Å². The Labute approximate surface area is 210 Å². The highest BCUT2D eigenvalue weighted by Crippen LogP contribution is 2.36. The van der Waals surface area contributed by atoms with Gasteiger partial charge in [-0.05, 0) is 82.4 Å². The molecular formula is C26H20BrClN2O4. The first kappa shape index (κ1) is 23.7. The van der Waals surface area contributed by atoms with Crippen LogP contribution in [0.3, 0.4) is 0 Å². The molecule has 1 N–H and O–H groups in total. The maximum absolute atomic E-state index is 13.2. The number of imide groups is 2. The SMILES string of the molecule is Cc1cc(C)cc(N2C(=O)NC(=O)/C(=C\c3cc(Cl)c(OCc4ccccc4)c(Br)c3)C2=O)c1. The number of anilines is 1. The van der Waals surface area contributed by atoms with Crippen molar-refractivity contribution in [1.82, 2.24) is 5.32 Å². The van der Waals surface area contributed by atoms with E-state index in [0.717, 1.165) is 21.6 Å². The molecule has 0 saturated carbocycles. The number of hydrogen-bond donors (Lipinski definition) is 1. The van der Waals surface area contributed by atoms with E-state index in [9.17, 15) is 14.4 Å². The zero-order chi connectivity index (χ0) is 24.4. The second-order valence-electron chi connectivity index (χ2n) is 7.89. The van der Waals surface area contributed by atoms with E-state index in [1.165, 1.54) is 6.08 Å². The van der Waals surface area contributed by atoms with E-state index in [1.54, 1.807) is 24.3 Å². The first-order valence-corrected chi connectivity index (χ1v) is 11.6. The number of carbonyl (C=O) groups excluding carboxylic acids is 3. The number of barbiturate groups is 1. The number of halogens is 2. The van der Waals surface area contributed by atoms with Crippen molar-refractivity contribution in [2.75, 3.05) is 4.90 Å². The molecule has 4 rings (SSSR count). The molecule has 0 radical (unpaired) electrons. The largest absolute Gasteiger partial charge is 0.486 e. The van der Waals surface area contributed by atoms with Crippen molar-refractivity contribution in [1.29, 1.82) is 0 Å². The average molecular weight is 540 g/mol. The highest BCUT2D eigenvalue weighted by molar-refractivity contribution is 9.10. The second kappa shape index (κ2) is 9.83. The molecule has 1 aliphatic rings. The summed E-state index contributed by atoms with van der Waals surface area (Å²) in [7, 11) is 0. The van der Waals surface area contributed by atoms with Gasteiger partial charge in [0.2, 0.25) is 0 Å². The molecule has 4 amide bonds. The average Bonchev–Trinajstić information content (AvgIpc) is 2.76. The standard InChI is InChI=1S/C26H20BrClN2O4/c1-15-8-16(2)10-19(9-15)30-25(32)20(24(31)29-26(30)33)11-18-12-21(27)23(22(28)13-18)34-14-17-6-4-3-5-7-17/h3-13H,14H2,1-2H3,(H,29,31,33)/b20-11+. The summed E-state index contributed by atoms with van der Waals surface area (Å²) in [6.07, 6.45) is 1.40. The summed E-state index contributed by atoms with van der Waals surface area (Å²) in [5, 5.41) is 2.54. The van der Waals surface area contributed by atoms with Crippen LogP contribution in [-0.4, -0.2) is 17.8 Å². The number of benzene rings is 3. The van der Waals surface area contributed by atoms with Gasteiger partial charge in [0.1, 0.15) is 12.2 Å². The lowest BCUT2D eigenvalue weighted by molar-refractivity contribution is -0.122. The maximum Gasteiger partial charge on any atom is 0.335 e. The fourth-order valence-electron chi connectivity index (χ4n) is 3.67. The first-order chi connectivity index (χ1) is 16.2. The first-order valence-electron chi connectivity index (χ1n) is 10.4. The minimum atomic E-state index is -0.791. The molecule has 0 atom stereocenters. The Morgan fingerprint density at radius 1 is 1.00 bits per heavy atom. The van der Waals surface area contributed by atoms with Gasteiger partial charge in [0, 0.05) is 0 Å². The lowest BCUT2D eigenvalue weighted by Gasteiger charge is -2.27. The van der Waals surface area contributed by atoms with Crippen LogP contribution >= 0.6 is 27.5 Å². The van der Waals surface area contributed by atoms with Crippen LogP contribution in [0.15, 0.2) is 70.7 Å². The van der Waals surface area contributed by atoms with Crippen LogP contribution in [0.1, 0.15) is 22.3 Å². The minimum Gasteiger partial charge on any atom is -0.486 e. The second-order valence-corrected chi connectivity index (χ2v) is 9.15. The number of carbonyl (C=O) groups is 3. The third-order valence-electron chi connectivity index (χ3n) is 5.12. The lowest BCUT2D eigenvalue weighted by atomic mass is 10.1. The summed E-state index contributed by atoms with van der Waals surface area (Å²) in [5.41, 5.74) is 3.47. The van der Waals surface area contributed by atoms with Crippen molar-refractivity contribution >= 4 is 57.1 Å². The molecule has 0 unspecified atom stereocenters. The van der Waals surface area contributed by atoms with Crippen LogP contribution in [0.2, 0.25) is 5.02 Å². The molecule has 3 aromatic rings. The van der Waals surface area contributed by atoms with E-state index in [0.29, 0.717) is 33.1 Å². The topological polar surface area (TPSA) is 75.7 Å². The number of urea groups is 1. The smallest absolute Gasteiger partial charge is 0.335 e. The van der Waals surface area contributed by atoms with Crippen molar-refractivity contribution < 1.29 is 19.1 Å². The Morgan fingerprint density at radius 3 is 2.32 bits per heavy atom. The lowest BCUT2D eigenvalue weighted by Crippen LogP contribution is -2.54. The number of rotatable bonds is 5. The minimum absolute atomic E-state index is 0.181. The summed E-state index contributed by atoms with van der Waals surface area (Å²) in [6.45, 7) is 4.06. The normalized spacial score (nSPS) is 15.0. The molecule has 1 fully saturated rings. The monoisotopic (exact) mass is 538 g/mol. The Bertz CT molecular complexity index is 1290. The molecule has 1 aliphatic heterocycles. The summed E-state index contributed by atoms with van der Waals surface area (Å²) < 4.78 is 6.42. The van der Waals surface area contributed by atoms with E-state index in [-0.39, 0.29) is 5.57 Å². The summed E-state index contributed by atoms with van der Waals surface area (Å²) in [6, 6.07) is 17.5. The van der Waals surface area contributed by atoms with Gasteiger partial charge in [-0.1, -0.05) is 48.0 Å². The van der Waals surface area contributed by atoms with Crippen molar-refractivity contribution in [3.8, 4) is 5.75 Å². The van der Waals surface area contributed by atoms with E-state index in [4.69, 9.17) is 16.3 Å². The van der Waals surface area contributed by atoms with Gasteiger partial charge in [0.15, 0.2) is 5.75 Å². The van der Waals surface area contributed by atoms with Crippen LogP contribution < -0.4 is 15.0 Å². The highest BCUT2D eigenvalue weighted by Gasteiger charge is 2.37. The summed E-state index contributed by atoms with van der Waals surface area (Å²) in [5.74, 6) is -1.04. The predicted molar refractivity (Wildman–Crippen MR) is 135 cm³/mol. The molecule has 34 heavy (non-hydrogen) atoms. The number of aryl methyl sites for hydroxylation is 2. The van der Waals surface area contributed by atoms with Gasteiger partial charge in [-0.2, -0.15) is 0 Å². The van der Waals surface area contributed by atoms with Gasteiger partial charge >= 0.3 is 6.03 Å². The van der Waals surface area contributed by atoms with Crippen LogP contribution in [0.4, 0.5) is 10.5 Å². The van der Waals surface area contributed by atoms with Crippen molar-refractivity contribution in [2.24, 2.45) is 0 Å². The van der Waals surface area contributed by atoms with Crippen LogP contribution in [-0.2, 0) is 16.2 Å². The molecule has 8 heteroatoms. The summed E-state index contributed by atoms with van der Waals surface area (Å²) >= 11 is 9.89. The highest BCUT2D eigenvalue weighted by atomic mass is 79.9. The van der Waals surface area contributed by atoms with Gasteiger partial charge in [0.25, 0.3) is 11.8 Å². The van der Waals surface area contributed by atoms with Gasteiger partial charge in [-0.15, -0.1) is 0 Å². The molecular weight excluding hydrogens is 520 g/mol. The van der Waals surface area contributed by atoms with Gasteiger partial charge in [-0.3, -0.25) is 14.9 Å². The third-order valence-corrected chi connectivity index (χ3v) is 5.99. The maximum atomic E-state index is 13.2. The van der Waals surface area contributed by atoms with E-state index in [1.807, 2.05) is 50.2 Å². The molecule has 3 aromatic carbocycles. The number of hydrogen-bond acceptors (Lipinski definition) is 4. The zero-order valence-corrected chi connectivity index (χ0v) is 20.7. The number of nitrogens with one attached hydrogen (secondary N) is 1. The molecule has 0 aliphatic carbocycles. The zero-order valence-electron chi connectivity index (χ0n) is 18.4. The number of amides is 4. The molecule has 0 bridgehead atoms. The van der Waals surface area contributed by atoms with Crippen molar-refractivity contribution in [3.63, 3.8) is 0 Å². The van der Waals surface area contributed by atoms with Crippen LogP contribution in [0, 0.1) is 13.8 Å². The summed E-state index contributed by atoms with van der Waals surface area (Å²) in [4.78, 5) is 39.1. The Balaban J connectivity index is 1.63. The molecule has 172 valence electrons. The molecule has 1 heterocycles. The van der Waals surface area contributed by atoms with Gasteiger partial charge in [0.05, 0.1) is 15.2 Å². The fraction of sp³-hybridized carbons (Fsp3) is 0.115. The Hall–Kier alpha value is -3.42. The van der Waals surface area contributed by atoms with Crippen molar-refractivity contribution in [3.05, 3.63) is 98.0 Å². The molecule has 1 saturated heterocycles. The third kappa shape index (κ3) is 5.05. The fourth-order valence-corrected chi connectivity index (χ4v) is 4.66. The molecule has 6 nitrogen and oxygen atoms in total. The number of nitrogens with zero attached hydrogens (tertiary/aromatic N) is 1. The quantitative estimate of drug-likeness (QED) is 0.320. The van der Waals surface area contributed by atoms with E-state index >= 15 is 0 Å². The van der Waals surface area contributed by atoms with Crippen LogP contribution in [0.25, 0.3) is 6.08 Å². The molecule has 0 aromatic heterocycles. The van der Waals surface area contributed by atoms with E-state index < -0.39 is 17.8 Å². The predicted octanol–water partition coefficient (Wildman–Crippen LogP) is 5.96. The van der Waals surface area contributed by atoms with Gasteiger partial charge < -0.3 is 4.74 Å². The van der Waals surface area contributed by atoms with E-state index in [2.05, 4.69) is 21.2 Å². The van der Waals surface area contributed by atoms with Crippen molar-refractivity contribution in [2.45, 2.75) is 20.5 Å². The van der Waals surface area contributed by atoms with Crippen LogP contribution in [0.5, 0.6) is 5.75 Å².